The van der Waals surface area contributed by atoms with E-state index in [1.807, 2.05) is 0 Å². The van der Waals surface area contributed by atoms with E-state index in [0.29, 0.717) is 13.1 Å². The highest BCUT2D eigenvalue weighted by Crippen LogP contribution is 2.36. The van der Waals surface area contributed by atoms with E-state index < -0.39 is 4.92 Å². The van der Waals surface area contributed by atoms with Crippen molar-refractivity contribution in [2.75, 3.05) is 11.4 Å². The zero-order valence-electron chi connectivity index (χ0n) is 11.2. The van der Waals surface area contributed by atoms with Crippen molar-refractivity contribution in [3.63, 3.8) is 0 Å². The Hall–Kier alpha value is -2.47. The third kappa shape index (κ3) is 2.57. The molecule has 5 nitrogen and oxygen atoms in total. The minimum Gasteiger partial charge on any atom is -0.365 e. The van der Waals surface area contributed by atoms with Crippen LogP contribution in [0.25, 0.3) is 0 Å². The lowest BCUT2D eigenvalue weighted by Gasteiger charge is -2.19. The van der Waals surface area contributed by atoms with Crippen LogP contribution < -0.4 is 10.6 Å². The van der Waals surface area contributed by atoms with Crippen molar-refractivity contribution in [1.29, 1.82) is 0 Å². The normalized spacial score (nSPS) is 16.9. The van der Waals surface area contributed by atoms with E-state index >= 15 is 0 Å². The summed E-state index contributed by atoms with van der Waals surface area (Å²) in [6, 6.07) is 10.8. The Morgan fingerprint density at radius 3 is 2.67 bits per heavy atom. The van der Waals surface area contributed by atoms with Crippen LogP contribution in [0.2, 0.25) is 0 Å². The molecule has 2 aromatic rings. The maximum Gasteiger partial charge on any atom is 0.269 e. The lowest BCUT2D eigenvalue weighted by atomic mass is 10.1. The van der Waals surface area contributed by atoms with Gasteiger partial charge in [0.2, 0.25) is 0 Å². The Labute approximate surface area is 120 Å². The second-order valence-corrected chi connectivity index (χ2v) is 5.11. The quantitative estimate of drug-likeness (QED) is 0.696. The van der Waals surface area contributed by atoms with Crippen LogP contribution in [0, 0.1) is 15.9 Å². The molecule has 0 radical (unpaired) electrons. The van der Waals surface area contributed by atoms with E-state index in [1.54, 1.807) is 18.2 Å². The number of hydrogen-bond donors (Lipinski definition) is 1. The van der Waals surface area contributed by atoms with Gasteiger partial charge in [-0.15, -0.1) is 0 Å². The fraction of sp³-hybridized carbons (Fsp3) is 0.200. The zero-order valence-corrected chi connectivity index (χ0v) is 11.2. The highest BCUT2D eigenvalue weighted by Gasteiger charge is 2.27. The molecule has 3 rings (SSSR count). The summed E-state index contributed by atoms with van der Waals surface area (Å²) in [7, 11) is 0. The molecule has 108 valence electrons. The summed E-state index contributed by atoms with van der Waals surface area (Å²) < 4.78 is 12.9. The third-order valence-electron chi connectivity index (χ3n) is 3.67. The third-order valence-corrected chi connectivity index (χ3v) is 3.67. The molecule has 0 spiro atoms. The van der Waals surface area contributed by atoms with Crippen LogP contribution in [0.3, 0.4) is 0 Å². The van der Waals surface area contributed by atoms with Crippen molar-refractivity contribution in [3.8, 4) is 0 Å². The molecular formula is C15H14FN3O2. The molecule has 0 fully saturated rings. The summed E-state index contributed by atoms with van der Waals surface area (Å²) in [6.07, 6.45) is 0. The SMILES string of the molecule is N[C@@H]1CN(Cc2ccc(F)cc2)c2ccc([N+](=O)[O-])cc21. The van der Waals surface area contributed by atoms with Gasteiger partial charge in [-0.3, -0.25) is 10.1 Å². The summed E-state index contributed by atoms with van der Waals surface area (Å²) in [5, 5.41) is 10.8. The summed E-state index contributed by atoms with van der Waals surface area (Å²) in [6.45, 7) is 1.19. The first-order valence-corrected chi connectivity index (χ1v) is 6.58. The van der Waals surface area contributed by atoms with Crippen LogP contribution >= 0.6 is 0 Å². The molecule has 2 aromatic carbocycles. The van der Waals surface area contributed by atoms with E-state index in [9.17, 15) is 14.5 Å². The number of nitro groups is 1. The van der Waals surface area contributed by atoms with Crippen molar-refractivity contribution in [2.45, 2.75) is 12.6 Å². The Bertz CT molecular complexity index is 688. The maximum atomic E-state index is 12.9. The van der Waals surface area contributed by atoms with Crippen LogP contribution in [-0.4, -0.2) is 11.5 Å². The second kappa shape index (κ2) is 5.14. The van der Waals surface area contributed by atoms with E-state index in [1.165, 1.54) is 24.3 Å². The molecule has 2 N–H and O–H groups in total. The lowest BCUT2D eigenvalue weighted by molar-refractivity contribution is -0.384. The van der Waals surface area contributed by atoms with Crippen LogP contribution in [0.15, 0.2) is 42.5 Å². The zero-order chi connectivity index (χ0) is 15.0. The van der Waals surface area contributed by atoms with Crippen LogP contribution in [0.4, 0.5) is 15.8 Å². The predicted molar refractivity (Wildman–Crippen MR) is 77.5 cm³/mol. The van der Waals surface area contributed by atoms with Gasteiger partial charge in [0.05, 0.1) is 4.92 Å². The number of nitrogens with zero attached hydrogens (tertiary/aromatic N) is 2. The molecule has 0 saturated carbocycles. The van der Waals surface area contributed by atoms with E-state index in [0.717, 1.165) is 16.8 Å². The smallest absolute Gasteiger partial charge is 0.269 e. The number of nitrogens with two attached hydrogens (primary N) is 1. The van der Waals surface area contributed by atoms with Crippen molar-refractivity contribution >= 4 is 11.4 Å². The molecule has 1 atom stereocenters. The predicted octanol–water partition coefficient (Wildman–Crippen LogP) is 2.75. The molecule has 0 amide bonds. The van der Waals surface area contributed by atoms with Crippen LogP contribution in [-0.2, 0) is 6.54 Å². The summed E-state index contributed by atoms with van der Waals surface area (Å²) in [5.74, 6) is -0.270. The number of nitro benzene ring substituents is 1. The number of benzene rings is 2. The largest absolute Gasteiger partial charge is 0.365 e. The first kappa shape index (κ1) is 13.5. The van der Waals surface area contributed by atoms with Crippen molar-refractivity contribution in [1.82, 2.24) is 0 Å². The molecule has 1 aliphatic heterocycles. The number of rotatable bonds is 3. The fourth-order valence-corrected chi connectivity index (χ4v) is 2.63. The Kier molecular flexibility index (Phi) is 3.31. The van der Waals surface area contributed by atoms with Crippen molar-refractivity contribution in [2.24, 2.45) is 5.73 Å². The van der Waals surface area contributed by atoms with E-state index in [-0.39, 0.29) is 17.5 Å². The van der Waals surface area contributed by atoms with E-state index in [2.05, 4.69) is 4.90 Å². The van der Waals surface area contributed by atoms with Gasteiger partial charge < -0.3 is 10.6 Å². The molecule has 0 aliphatic carbocycles. The highest BCUT2D eigenvalue weighted by molar-refractivity contribution is 5.63. The topological polar surface area (TPSA) is 72.4 Å². The Morgan fingerprint density at radius 1 is 1.29 bits per heavy atom. The number of halogens is 1. The molecule has 1 heterocycles. The van der Waals surface area contributed by atoms with Crippen LogP contribution in [0.5, 0.6) is 0 Å². The molecule has 0 aromatic heterocycles. The maximum absolute atomic E-state index is 12.9. The minimum absolute atomic E-state index is 0.0489. The summed E-state index contributed by atoms with van der Waals surface area (Å²) in [5.41, 5.74) is 8.76. The van der Waals surface area contributed by atoms with Gasteiger partial charge in [-0.05, 0) is 23.8 Å². The monoisotopic (exact) mass is 287 g/mol. The lowest BCUT2D eigenvalue weighted by Crippen LogP contribution is -2.23. The van der Waals surface area contributed by atoms with Crippen molar-refractivity contribution in [3.05, 3.63) is 69.5 Å². The van der Waals surface area contributed by atoms with Gasteiger partial charge in [0.25, 0.3) is 5.69 Å². The first-order valence-electron chi connectivity index (χ1n) is 6.58. The molecule has 0 unspecified atom stereocenters. The first-order chi connectivity index (χ1) is 10.0. The highest BCUT2D eigenvalue weighted by atomic mass is 19.1. The molecule has 6 heteroatoms. The Morgan fingerprint density at radius 2 is 2.00 bits per heavy atom. The molecule has 1 aliphatic rings. The summed E-state index contributed by atoms with van der Waals surface area (Å²) in [4.78, 5) is 12.5. The van der Waals surface area contributed by atoms with Gasteiger partial charge in [-0.2, -0.15) is 0 Å². The average Bonchev–Trinajstić information content (AvgIpc) is 2.77. The molecular weight excluding hydrogens is 273 g/mol. The van der Waals surface area contributed by atoms with Gasteiger partial charge in [0, 0.05) is 42.5 Å². The van der Waals surface area contributed by atoms with Crippen molar-refractivity contribution < 1.29 is 9.31 Å². The number of hydrogen-bond acceptors (Lipinski definition) is 4. The Balaban J connectivity index is 1.88. The average molecular weight is 287 g/mol. The molecule has 21 heavy (non-hydrogen) atoms. The van der Waals surface area contributed by atoms with Gasteiger partial charge in [-0.25, -0.2) is 4.39 Å². The standard InChI is InChI=1S/C15H14FN3O2/c16-11-3-1-10(2-4-11)8-18-9-14(17)13-7-12(19(20)21)5-6-15(13)18/h1-7,14H,8-9,17H2/t14-/m1/s1. The van der Waals surface area contributed by atoms with E-state index in [4.69, 9.17) is 5.73 Å². The summed E-state index contributed by atoms with van der Waals surface area (Å²) >= 11 is 0. The molecule has 0 bridgehead atoms. The van der Waals surface area contributed by atoms with Gasteiger partial charge >= 0.3 is 0 Å². The number of anilines is 1. The number of non-ortho nitro benzene ring substituents is 1. The molecule has 0 saturated heterocycles. The van der Waals surface area contributed by atoms with Crippen LogP contribution in [0.1, 0.15) is 17.2 Å². The fourth-order valence-electron chi connectivity index (χ4n) is 2.63. The minimum atomic E-state index is -0.421. The van der Waals surface area contributed by atoms with Gasteiger partial charge in [-0.1, -0.05) is 12.1 Å². The van der Waals surface area contributed by atoms with Gasteiger partial charge in [0.1, 0.15) is 5.82 Å². The number of fused-ring (bicyclic) bond motifs is 1. The second-order valence-electron chi connectivity index (χ2n) is 5.11. The van der Waals surface area contributed by atoms with Gasteiger partial charge in [0.15, 0.2) is 0 Å².